The summed E-state index contributed by atoms with van der Waals surface area (Å²) in [4.78, 5) is 3.82. The number of hydrogen-bond donors (Lipinski definition) is 2. The molecule has 6 heteroatoms. The molecule has 3 N–H and O–H groups in total. The van der Waals surface area contributed by atoms with Crippen LogP contribution in [-0.2, 0) is 0 Å². The van der Waals surface area contributed by atoms with Crippen molar-refractivity contribution in [2.75, 3.05) is 5.73 Å². The molecule has 0 aliphatic heterocycles. The Balaban J connectivity index is 2.53. The normalized spacial score (nSPS) is 12.5. The molecule has 1 aromatic heterocycles. The van der Waals surface area contributed by atoms with Crippen molar-refractivity contribution < 1.29 is 18.3 Å². The smallest absolute Gasteiger partial charge is 0.194 e. The van der Waals surface area contributed by atoms with Gasteiger partial charge in [0.15, 0.2) is 17.5 Å². The minimum atomic E-state index is -1.63. The van der Waals surface area contributed by atoms with Crippen LogP contribution in [0.5, 0.6) is 0 Å². The maximum absolute atomic E-state index is 13.6. The van der Waals surface area contributed by atoms with Crippen LogP contribution in [0.2, 0.25) is 0 Å². The van der Waals surface area contributed by atoms with Gasteiger partial charge in [0.05, 0.1) is 0 Å². The fraction of sp³-hybridized carbons (Fsp3) is 0.154. The fourth-order valence-corrected chi connectivity index (χ4v) is 1.74. The third kappa shape index (κ3) is 2.39. The average Bonchev–Trinajstić information content (AvgIpc) is 2.38. The largest absolute Gasteiger partial charge is 0.383 e. The van der Waals surface area contributed by atoms with Gasteiger partial charge in [-0.3, -0.25) is 0 Å². The number of nitrogens with zero attached hydrogens (tertiary/aromatic N) is 1. The minimum Gasteiger partial charge on any atom is -0.383 e. The summed E-state index contributed by atoms with van der Waals surface area (Å²) in [5.41, 5.74) is 6.04. The van der Waals surface area contributed by atoms with E-state index in [-0.39, 0.29) is 11.4 Å². The zero-order chi connectivity index (χ0) is 14.2. The molecule has 100 valence electrons. The average molecular weight is 268 g/mol. The molecular weight excluding hydrogens is 257 g/mol. The van der Waals surface area contributed by atoms with E-state index in [0.29, 0.717) is 5.56 Å². The summed E-state index contributed by atoms with van der Waals surface area (Å²) in [5, 5.41) is 10.0. The van der Waals surface area contributed by atoms with Crippen LogP contribution in [0.15, 0.2) is 24.4 Å². The number of hydrogen-bond acceptors (Lipinski definition) is 3. The summed E-state index contributed by atoms with van der Waals surface area (Å²) in [5.74, 6) is -4.38. The summed E-state index contributed by atoms with van der Waals surface area (Å²) in [6.07, 6.45) is -0.0323. The quantitative estimate of drug-likeness (QED) is 0.822. The zero-order valence-electron chi connectivity index (χ0n) is 9.99. The predicted molar refractivity (Wildman–Crippen MR) is 63.8 cm³/mol. The molecule has 0 saturated carbocycles. The van der Waals surface area contributed by atoms with Gasteiger partial charge in [0, 0.05) is 17.3 Å². The lowest BCUT2D eigenvalue weighted by atomic mass is 10.0. The maximum Gasteiger partial charge on any atom is 0.194 e. The molecule has 2 rings (SSSR count). The standard InChI is InChI=1S/C13H11F3N2O/c1-6-4-8(13(17)18-5-6)12(19)7-2-3-9(14)11(16)10(7)15/h2-5,12,19H,1H3,(H2,17,18). The van der Waals surface area contributed by atoms with Crippen LogP contribution in [0.1, 0.15) is 22.8 Å². The van der Waals surface area contributed by atoms with Gasteiger partial charge in [-0.15, -0.1) is 0 Å². The highest BCUT2D eigenvalue weighted by molar-refractivity contribution is 5.46. The summed E-state index contributed by atoms with van der Waals surface area (Å²) >= 11 is 0. The number of aryl methyl sites for hydroxylation is 1. The van der Waals surface area contributed by atoms with Gasteiger partial charge in [0.25, 0.3) is 0 Å². The van der Waals surface area contributed by atoms with Crippen LogP contribution < -0.4 is 5.73 Å². The van der Waals surface area contributed by atoms with E-state index in [4.69, 9.17) is 5.73 Å². The van der Waals surface area contributed by atoms with Crippen molar-refractivity contribution in [3.63, 3.8) is 0 Å². The monoisotopic (exact) mass is 268 g/mol. The third-order valence-electron chi connectivity index (χ3n) is 2.74. The van der Waals surface area contributed by atoms with Gasteiger partial charge in [-0.2, -0.15) is 0 Å². The van der Waals surface area contributed by atoms with E-state index in [1.54, 1.807) is 6.92 Å². The first kappa shape index (κ1) is 13.4. The Morgan fingerprint density at radius 1 is 1.16 bits per heavy atom. The summed E-state index contributed by atoms with van der Waals surface area (Å²) in [6.45, 7) is 1.71. The molecule has 0 aliphatic rings. The maximum atomic E-state index is 13.6. The lowest BCUT2D eigenvalue weighted by Crippen LogP contribution is -2.09. The number of pyridine rings is 1. The molecule has 0 aliphatic carbocycles. The molecule has 0 spiro atoms. The number of nitrogens with two attached hydrogens (primary N) is 1. The first-order chi connectivity index (χ1) is 8.91. The van der Waals surface area contributed by atoms with E-state index in [9.17, 15) is 18.3 Å². The van der Waals surface area contributed by atoms with Crippen LogP contribution >= 0.6 is 0 Å². The Morgan fingerprint density at radius 3 is 2.53 bits per heavy atom. The van der Waals surface area contributed by atoms with E-state index >= 15 is 0 Å². The minimum absolute atomic E-state index is 0.00207. The fourth-order valence-electron chi connectivity index (χ4n) is 1.74. The van der Waals surface area contributed by atoms with E-state index in [2.05, 4.69) is 4.98 Å². The van der Waals surface area contributed by atoms with Crippen molar-refractivity contribution in [1.82, 2.24) is 4.98 Å². The zero-order valence-corrected chi connectivity index (χ0v) is 9.99. The summed E-state index contributed by atoms with van der Waals surface area (Å²) in [7, 11) is 0. The number of rotatable bonds is 2. The Hall–Kier alpha value is -2.08. The highest BCUT2D eigenvalue weighted by Crippen LogP contribution is 2.29. The van der Waals surface area contributed by atoms with E-state index in [1.807, 2.05) is 0 Å². The summed E-state index contributed by atoms with van der Waals surface area (Å²) in [6, 6.07) is 3.23. The number of benzene rings is 1. The molecule has 0 amide bonds. The van der Waals surface area contributed by atoms with Crippen molar-refractivity contribution in [1.29, 1.82) is 0 Å². The topological polar surface area (TPSA) is 59.1 Å². The lowest BCUT2D eigenvalue weighted by molar-refractivity contribution is 0.213. The van der Waals surface area contributed by atoms with Gasteiger partial charge in [-0.25, -0.2) is 18.2 Å². The SMILES string of the molecule is Cc1cnc(N)c(C(O)c2ccc(F)c(F)c2F)c1. The molecule has 2 aromatic rings. The molecule has 0 saturated heterocycles. The number of aliphatic hydroxyl groups is 1. The molecule has 0 bridgehead atoms. The van der Waals surface area contributed by atoms with Gasteiger partial charge in [0.1, 0.15) is 11.9 Å². The van der Waals surface area contributed by atoms with Crippen molar-refractivity contribution in [2.24, 2.45) is 0 Å². The van der Waals surface area contributed by atoms with E-state index < -0.39 is 29.1 Å². The van der Waals surface area contributed by atoms with E-state index in [1.165, 1.54) is 12.3 Å². The first-order valence-electron chi connectivity index (χ1n) is 5.45. The molecule has 1 heterocycles. The predicted octanol–water partition coefficient (Wildman–Crippen LogP) is 2.47. The van der Waals surface area contributed by atoms with Crippen molar-refractivity contribution in [3.05, 3.63) is 58.5 Å². The van der Waals surface area contributed by atoms with E-state index in [0.717, 1.165) is 12.1 Å². The second-order valence-electron chi connectivity index (χ2n) is 4.15. The number of aliphatic hydroxyl groups excluding tert-OH is 1. The van der Waals surface area contributed by atoms with Crippen molar-refractivity contribution in [2.45, 2.75) is 13.0 Å². The van der Waals surface area contributed by atoms with Gasteiger partial charge < -0.3 is 10.8 Å². The Morgan fingerprint density at radius 2 is 1.84 bits per heavy atom. The van der Waals surface area contributed by atoms with Crippen LogP contribution in [-0.4, -0.2) is 10.1 Å². The Labute approximate surface area is 107 Å². The van der Waals surface area contributed by atoms with Gasteiger partial charge in [-0.05, 0) is 24.6 Å². The molecule has 0 radical (unpaired) electrons. The number of halogens is 3. The van der Waals surface area contributed by atoms with Crippen LogP contribution in [0.3, 0.4) is 0 Å². The lowest BCUT2D eigenvalue weighted by Gasteiger charge is -2.15. The molecule has 1 atom stereocenters. The molecule has 0 fully saturated rings. The third-order valence-corrected chi connectivity index (χ3v) is 2.74. The van der Waals surface area contributed by atoms with Crippen LogP contribution in [0.4, 0.5) is 19.0 Å². The van der Waals surface area contributed by atoms with Gasteiger partial charge >= 0.3 is 0 Å². The van der Waals surface area contributed by atoms with Crippen molar-refractivity contribution >= 4 is 5.82 Å². The summed E-state index contributed by atoms with van der Waals surface area (Å²) < 4.78 is 39.6. The number of anilines is 1. The molecular formula is C13H11F3N2O. The molecule has 1 aromatic carbocycles. The molecule has 19 heavy (non-hydrogen) atoms. The number of aromatic nitrogens is 1. The Kier molecular flexibility index (Phi) is 3.44. The first-order valence-corrected chi connectivity index (χ1v) is 5.45. The Bertz CT molecular complexity index is 632. The van der Waals surface area contributed by atoms with Crippen LogP contribution in [0, 0.1) is 24.4 Å². The second-order valence-corrected chi connectivity index (χ2v) is 4.15. The molecule has 3 nitrogen and oxygen atoms in total. The second kappa shape index (κ2) is 4.89. The van der Waals surface area contributed by atoms with Gasteiger partial charge in [0.2, 0.25) is 0 Å². The highest BCUT2D eigenvalue weighted by atomic mass is 19.2. The highest BCUT2D eigenvalue weighted by Gasteiger charge is 2.22. The van der Waals surface area contributed by atoms with Gasteiger partial charge in [-0.1, -0.05) is 6.07 Å². The van der Waals surface area contributed by atoms with Crippen molar-refractivity contribution in [3.8, 4) is 0 Å². The van der Waals surface area contributed by atoms with Crippen LogP contribution in [0.25, 0.3) is 0 Å². The molecule has 1 unspecified atom stereocenters. The number of nitrogen functional groups attached to an aromatic ring is 1.